The lowest BCUT2D eigenvalue weighted by molar-refractivity contribution is 0.516. The van der Waals surface area contributed by atoms with Gasteiger partial charge >= 0.3 is 0 Å². The minimum absolute atomic E-state index is 0.101. The molecule has 0 amide bonds. The molecule has 2 unspecified atom stereocenters. The molecule has 4 nitrogen and oxygen atoms in total. The van der Waals surface area contributed by atoms with Crippen molar-refractivity contribution in [3.05, 3.63) is 285 Å². The minimum atomic E-state index is -0.372. The molecular formula is C65H63BF8N4. The molecule has 0 aliphatic rings. The molecule has 13 heteroatoms. The number of hydrogen-bond donors (Lipinski definition) is 2. The van der Waals surface area contributed by atoms with E-state index in [4.69, 9.17) is 22.0 Å². The Hall–Kier alpha value is -7.84. The number of nitrogens with zero attached hydrogens (tertiary/aromatic N) is 2. The lowest BCUT2D eigenvalue weighted by Crippen LogP contribution is -2.20. The number of nitriles is 2. The average Bonchev–Trinajstić information content (AvgIpc) is 3.43. The molecule has 8 aromatic carbocycles. The lowest BCUT2D eigenvalue weighted by Gasteiger charge is -2.24. The highest BCUT2D eigenvalue weighted by Gasteiger charge is 2.25. The first-order chi connectivity index (χ1) is 37.5. The van der Waals surface area contributed by atoms with Crippen LogP contribution in [0.3, 0.4) is 0 Å². The van der Waals surface area contributed by atoms with Gasteiger partial charge in [0.05, 0.1) is 31.8 Å². The lowest BCUT2D eigenvalue weighted by atomic mass is 9.81. The van der Waals surface area contributed by atoms with Crippen molar-refractivity contribution in [2.75, 3.05) is 13.1 Å². The van der Waals surface area contributed by atoms with Crippen LogP contribution in [-0.2, 0) is 0 Å². The third-order valence-corrected chi connectivity index (χ3v) is 13.0. The molecule has 8 rings (SSSR count). The number of hydrogen-bond acceptors (Lipinski definition) is 4. The summed E-state index contributed by atoms with van der Waals surface area (Å²) in [6.45, 7) is 9.89. The molecule has 0 spiro atoms. The molecule has 4 N–H and O–H groups in total. The molecule has 0 saturated heterocycles. The zero-order valence-corrected chi connectivity index (χ0v) is 44.2. The summed E-state index contributed by atoms with van der Waals surface area (Å²) in [5, 5.41) is 18.3. The molecule has 78 heavy (non-hydrogen) atoms. The second-order valence-corrected chi connectivity index (χ2v) is 18.6. The summed E-state index contributed by atoms with van der Waals surface area (Å²) < 4.78 is 107. The second kappa shape index (κ2) is 32.0. The number of nitrogens with two attached hydrogens (primary N) is 2. The summed E-state index contributed by atoms with van der Waals surface area (Å²) in [4.78, 5) is 0. The van der Waals surface area contributed by atoms with Crippen molar-refractivity contribution in [1.82, 2.24) is 0 Å². The van der Waals surface area contributed by atoms with Gasteiger partial charge in [-0.2, -0.15) is 10.5 Å². The molecule has 2 radical (unpaired) electrons. The zero-order chi connectivity index (χ0) is 57.3. The van der Waals surface area contributed by atoms with Crippen molar-refractivity contribution >= 4 is 7.85 Å². The van der Waals surface area contributed by atoms with Crippen LogP contribution in [0.4, 0.5) is 35.1 Å². The maximum absolute atomic E-state index is 13.4. The number of benzene rings is 8. The molecule has 8 aromatic rings. The Kier molecular flexibility index (Phi) is 25.7. The van der Waals surface area contributed by atoms with Crippen LogP contribution in [0.2, 0.25) is 6.82 Å². The maximum atomic E-state index is 13.4. The van der Waals surface area contributed by atoms with E-state index in [1.165, 1.54) is 104 Å². The summed E-state index contributed by atoms with van der Waals surface area (Å²) in [6, 6.07) is 54.3. The summed E-state index contributed by atoms with van der Waals surface area (Å²) >= 11 is 0. The predicted octanol–water partition coefficient (Wildman–Crippen LogP) is 16.1. The van der Waals surface area contributed by atoms with Crippen molar-refractivity contribution in [3.63, 3.8) is 0 Å². The van der Waals surface area contributed by atoms with Gasteiger partial charge < -0.3 is 11.5 Å². The first-order valence-corrected chi connectivity index (χ1v) is 25.3. The Labute approximate surface area is 455 Å². The zero-order valence-electron chi connectivity index (χ0n) is 44.2. The summed E-state index contributed by atoms with van der Waals surface area (Å²) in [6.07, 6.45) is 0. The summed E-state index contributed by atoms with van der Waals surface area (Å²) in [5.41, 5.74) is 17.5. The van der Waals surface area contributed by atoms with E-state index < -0.39 is 0 Å². The van der Waals surface area contributed by atoms with Crippen LogP contribution in [-0.4, -0.2) is 20.9 Å². The monoisotopic (exact) mass is 1060 g/mol. The first-order valence-electron chi connectivity index (χ1n) is 25.3. The van der Waals surface area contributed by atoms with Gasteiger partial charge in [0.1, 0.15) is 46.5 Å². The van der Waals surface area contributed by atoms with Crippen LogP contribution in [0.5, 0.6) is 0 Å². The molecule has 0 aliphatic carbocycles. The standard InChI is InChI=1S/2C16H17F2N.2C16H13F2N.CH3B/c4*1-11(10-19)16(12-4-2-6-14(17)8-12)13-5-3-7-15(18)9-13;1-2/h2*2-9,11,16H,10,19H2,1H3;2*2-9,11,16H,1H3;1H3/t2*11-;;;/m10.../s1. The second-order valence-electron chi connectivity index (χ2n) is 18.6. The van der Waals surface area contributed by atoms with Gasteiger partial charge in [0.15, 0.2) is 0 Å². The third kappa shape index (κ3) is 18.7. The van der Waals surface area contributed by atoms with E-state index >= 15 is 0 Å². The molecule has 402 valence electrons. The van der Waals surface area contributed by atoms with E-state index in [1.54, 1.807) is 86.6 Å². The third-order valence-electron chi connectivity index (χ3n) is 13.0. The highest BCUT2D eigenvalue weighted by molar-refractivity contribution is 6.05. The van der Waals surface area contributed by atoms with E-state index in [9.17, 15) is 35.1 Å². The van der Waals surface area contributed by atoms with Gasteiger partial charge in [-0.25, -0.2) is 35.1 Å². The normalized spacial score (nSPS) is 12.2. The topological polar surface area (TPSA) is 99.6 Å². The smallest absolute Gasteiger partial charge is 0.123 e. The molecule has 0 heterocycles. The fourth-order valence-electron chi connectivity index (χ4n) is 9.26. The highest BCUT2D eigenvalue weighted by Crippen LogP contribution is 2.36. The largest absolute Gasteiger partial charge is 0.330 e. The van der Waals surface area contributed by atoms with Gasteiger partial charge in [0.2, 0.25) is 0 Å². The van der Waals surface area contributed by atoms with Gasteiger partial charge in [-0.05, 0) is 180 Å². The van der Waals surface area contributed by atoms with Gasteiger partial charge in [-0.3, -0.25) is 0 Å². The van der Waals surface area contributed by atoms with Crippen LogP contribution in [0, 0.1) is 92.9 Å². The number of rotatable bonds is 14. The van der Waals surface area contributed by atoms with Gasteiger partial charge in [-0.1, -0.05) is 118 Å². The Morgan fingerprint density at radius 3 is 0.603 bits per heavy atom. The first kappa shape index (κ1) is 62.7. The Bertz CT molecular complexity index is 2800. The number of halogens is 8. The van der Waals surface area contributed by atoms with Crippen LogP contribution in [0.25, 0.3) is 0 Å². The van der Waals surface area contributed by atoms with E-state index in [0.717, 1.165) is 22.3 Å². The van der Waals surface area contributed by atoms with Crippen molar-refractivity contribution in [3.8, 4) is 12.1 Å². The fourth-order valence-corrected chi connectivity index (χ4v) is 9.26. The summed E-state index contributed by atoms with van der Waals surface area (Å²) in [7, 11) is 4.50. The van der Waals surface area contributed by atoms with Gasteiger partial charge in [0, 0.05) is 23.7 Å². The van der Waals surface area contributed by atoms with E-state index in [-0.39, 0.29) is 93.9 Å². The van der Waals surface area contributed by atoms with Crippen LogP contribution >= 0.6 is 0 Å². The van der Waals surface area contributed by atoms with Gasteiger partial charge in [-0.15, -0.1) is 0 Å². The Balaban J connectivity index is 0.000000222. The van der Waals surface area contributed by atoms with E-state index in [2.05, 4.69) is 20.0 Å². The van der Waals surface area contributed by atoms with Crippen molar-refractivity contribution in [2.45, 2.75) is 58.2 Å². The van der Waals surface area contributed by atoms with Crippen LogP contribution in [0.1, 0.15) is 95.9 Å². The summed E-state index contributed by atoms with van der Waals surface area (Å²) in [5.74, 6) is -4.00. The van der Waals surface area contributed by atoms with Crippen molar-refractivity contribution in [2.24, 2.45) is 35.1 Å². The molecule has 0 fully saturated rings. The quantitative estimate of drug-likeness (QED) is 0.0837. The molecule has 0 saturated carbocycles. The minimum Gasteiger partial charge on any atom is -0.330 e. The van der Waals surface area contributed by atoms with Crippen LogP contribution in [0.15, 0.2) is 194 Å². The van der Waals surface area contributed by atoms with E-state index in [0.29, 0.717) is 35.3 Å². The van der Waals surface area contributed by atoms with Crippen LogP contribution < -0.4 is 11.5 Å². The molecule has 0 aromatic heterocycles. The predicted molar refractivity (Wildman–Crippen MR) is 296 cm³/mol. The fraction of sp³-hybridized carbons (Fsp3) is 0.231. The van der Waals surface area contributed by atoms with Crippen molar-refractivity contribution in [1.29, 1.82) is 10.5 Å². The molecular weight excluding hydrogens is 1000 g/mol. The molecule has 4 atom stereocenters. The molecule has 0 bridgehead atoms. The van der Waals surface area contributed by atoms with E-state index in [1.807, 2.05) is 38.1 Å². The average molecular weight is 1060 g/mol. The Morgan fingerprint density at radius 2 is 0.474 bits per heavy atom. The highest BCUT2D eigenvalue weighted by atomic mass is 19.2. The van der Waals surface area contributed by atoms with Gasteiger partial charge in [0.25, 0.3) is 0 Å². The Morgan fingerprint density at radius 1 is 0.321 bits per heavy atom. The SMILES string of the molecule is CC(C#N)C(c1cccc(F)c1)c1cccc(F)c1.CC(C#N)C(c1cccc(F)c1)c1cccc(F)c1.C[C@@H](CN)C(c1cccc(F)c1)c1cccc(F)c1.C[C@H](CN)C(c1cccc(F)c1)c1cccc(F)c1.[B]C. The maximum Gasteiger partial charge on any atom is 0.123 e. The van der Waals surface area contributed by atoms with Crippen molar-refractivity contribution < 1.29 is 35.1 Å². The molecule has 0 aliphatic heterocycles.